The van der Waals surface area contributed by atoms with Crippen molar-refractivity contribution in [3.63, 3.8) is 0 Å². The number of furan rings is 1. The number of amides is 2. The van der Waals surface area contributed by atoms with Crippen LogP contribution in [-0.4, -0.2) is 44.2 Å². The average molecular weight is 500 g/mol. The van der Waals surface area contributed by atoms with Crippen molar-refractivity contribution in [1.82, 2.24) is 4.90 Å². The van der Waals surface area contributed by atoms with E-state index in [0.29, 0.717) is 34.1 Å². The van der Waals surface area contributed by atoms with E-state index in [9.17, 15) is 22.8 Å². The van der Waals surface area contributed by atoms with Crippen LogP contribution in [-0.2, 0) is 22.9 Å². The minimum absolute atomic E-state index is 0.00783. The minimum atomic E-state index is -4.88. The van der Waals surface area contributed by atoms with Gasteiger partial charge in [0.05, 0.1) is 12.1 Å². The summed E-state index contributed by atoms with van der Waals surface area (Å²) < 4.78 is 62.9. The van der Waals surface area contributed by atoms with E-state index in [4.69, 9.17) is 18.6 Å². The Morgan fingerprint density at radius 3 is 2.47 bits per heavy atom. The number of nitrogens with zero attached hydrogens (tertiary/aromatic N) is 2. The second-order valence-electron chi connectivity index (χ2n) is 8.96. The monoisotopic (exact) mass is 500 g/mol. The van der Waals surface area contributed by atoms with Crippen molar-refractivity contribution in [2.75, 3.05) is 32.4 Å². The molecule has 36 heavy (non-hydrogen) atoms. The first-order valence-corrected chi connectivity index (χ1v) is 11.0. The Kier molecular flexibility index (Phi) is 4.60. The van der Waals surface area contributed by atoms with Crippen LogP contribution in [0.4, 0.5) is 18.9 Å². The average Bonchev–Trinajstić information content (AvgIpc) is 3.60. The van der Waals surface area contributed by atoms with Gasteiger partial charge in [-0.15, -0.1) is 0 Å². The molecule has 6 rings (SSSR count). The molecule has 1 spiro atoms. The maximum atomic E-state index is 14.0. The molecule has 3 aliphatic rings. The van der Waals surface area contributed by atoms with Gasteiger partial charge in [0.2, 0.25) is 18.5 Å². The number of rotatable bonds is 3. The lowest BCUT2D eigenvalue weighted by molar-refractivity contribution is -0.153. The molecule has 3 aromatic rings. The van der Waals surface area contributed by atoms with Gasteiger partial charge in [-0.3, -0.25) is 9.59 Å². The van der Waals surface area contributed by atoms with E-state index in [0.717, 1.165) is 11.0 Å². The third kappa shape index (κ3) is 3.01. The molecule has 0 N–H and O–H groups in total. The summed E-state index contributed by atoms with van der Waals surface area (Å²) in [6, 6.07) is 11.5. The van der Waals surface area contributed by atoms with Crippen LogP contribution in [0.2, 0.25) is 0 Å². The normalized spacial score (nSPS) is 19.5. The summed E-state index contributed by atoms with van der Waals surface area (Å²) in [5.74, 6) is -1.33. The minimum Gasteiger partial charge on any atom is -0.491 e. The largest absolute Gasteiger partial charge is 0.491 e. The lowest BCUT2D eigenvalue weighted by Crippen LogP contribution is -2.42. The molecule has 1 unspecified atom stereocenters. The molecule has 0 aliphatic carbocycles. The number of alkyl halides is 3. The summed E-state index contributed by atoms with van der Waals surface area (Å²) >= 11 is 0. The van der Waals surface area contributed by atoms with Crippen molar-refractivity contribution in [2.45, 2.75) is 18.1 Å². The highest BCUT2D eigenvalue weighted by atomic mass is 19.4. The zero-order valence-corrected chi connectivity index (χ0v) is 19.1. The zero-order chi connectivity index (χ0) is 25.4. The highest BCUT2D eigenvalue weighted by molar-refractivity contribution is 6.11. The molecule has 8 nitrogen and oxygen atoms in total. The van der Waals surface area contributed by atoms with E-state index in [1.807, 2.05) is 0 Å². The standard InChI is InChI=1S/C25H19F3N2O6/c1-29(2)22(31)14-7-13(36-21(14)25(26,27)28)10-30-17-6-4-3-5-15(17)24(23(30)32)11-33-18-9-20-19(8-16(18)24)34-12-35-20/h3-9H,10-12H2,1-2H3. The van der Waals surface area contributed by atoms with Crippen LogP contribution in [0.1, 0.15) is 33.0 Å². The predicted molar refractivity (Wildman–Crippen MR) is 118 cm³/mol. The fraction of sp³-hybridized carbons (Fsp3) is 0.280. The van der Waals surface area contributed by atoms with E-state index in [2.05, 4.69) is 0 Å². The fourth-order valence-corrected chi connectivity index (χ4v) is 5.01. The maximum absolute atomic E-state index is 14.0. The van der Waals surface area contributed by atoms with Gasteiger partial charge in [-0.25, -0.2) is 0 Å². The number of hydrogen-bond acceptors (Lipinski definition) is 6. The van der Waals surface area contributed by atoms with Crippen molar-refractivity contribution in [2.24, 2.45) is 0 Å². The Morgan fingerprint density at radius 2 is 1.75 bits per heavy atom. The predicted octanol–water partition coefficient (Wildman–Crippen LogP) is 3.95. The third-order valence-corrected chi connectivity index (χ3v) is 6.63. The Balaban J connectivity index is 1.44. The molecule has 0 fully saturated rings. The van der Waals surface area contributed by atoms with Crippen molar-refractivity contribution in [1.29, 1.82) is 0 Å². The van der Waals surface area contributed by atoms with Crippen molar-refractivity contribution < 1.29 is 41.4 Å². The van der Waals surface area contributed by atoms with Gasteiger partial charge in [-0.1, -0.05) is 18.2 Å². The van der Waals surface area contributed by atoms with Crippen LogP contribution in [0.25, 0.3) is 0 Å². The quantitative estimate of drug-likeness (QED) is 0.542. The Morgan fingerprint density at radius 1 is 1.03 bits per heavy atom. The zero-order valence-electron chi connectivity index (χ0n) is 19.1. The molecule has 2 aromatic carbocycles. The molecule has 2 amide bonds. The second-order valence-corrected chi connectivity index (χ2v) is 8.96. The highest BCUT2D eigenvalue weighted by Crippen LogP contribution is 2.55. The van der Waals surface area contributed by atoms with Gasteiger partial charge < -0.3 is 28.4 Å². The van der Waals surface area contributed by atoms with E-state index in [1.54, 1.807) is 36.4 Å². The number of para-hydroxylation sites is 1. The molecule has 4 heterocycles. The number of ether oxygens (including phenoxy) is 3. The smallest absolute Gasteiger partial charge is 0.450 e. The number of halogens is 3. The number of anilines is 1. The van der Waals surface area contributed by atoms with Gasteiger partial charge in [0, 0.05) is 31.4 Å². The van der Waals surface area contributed by atoms with Gasteiger partial charge in [0.25, 0.3) is 5.91 Å². The first kappa shape index (κ1) is 22.3. The molecular weight excluding hydrogens is 481 g/mol. The van der Waals surface area contributed by atoms with Crippen molar-refractivity contribution in [3.05, 3.63) is 70.7 Å². The van der Waals surface area contributed by atoms with E-state index in [-0.39, 0.29) is 31.6 Å². The van der Waals surface area contributed by atoms with Crippen LogP contribution in [0.5, 0.6) is 17.2 Å². The Hall–Kier alpha value is -4.15. The van der Waals surface area contributed by atoms with Crippen LogP contribution >= 0.6 is 0 Å². The van der Waals surface area contributed by atoms with Gasteiger partial charge in [0.1, 0.15) is 23.5 Å². The van der Waals surface area contributed by atoms with Crippen molar-refractivity contribution in [3.8, 4) is 17.2 Å². The van der Waals surface area contributed by atoms with Crippen LogP contribution in [0.3, 0.4) is 0 Å². The lowest BCUT2D eigenvalue weighted by atomic mass is 9.77. The number of benzene rings is 2. The van der Waals surface area contributed by atoms with Crippen LogP contribution in [0.15, 0.2) is 46.9 Å². The molecule has 186 valence electrons. The Labute approximate surface area is 202 Å². The molecule has 1 atom stereocenters. The van der Waals surface area contributed by atoms with E-state index < -0.39 is 28.8 Å². The maximum Gasteiger partial charge on any atom is 0.450 e. The van der Waals surface area contributed by atoms with Gasteiger partial charge in [-0.2, -0.15) is 13.2 Å². The van der Waals surface area contributed by atoms with Gasteiger partial charge in [0.15, 0.2) is 11.5 Å². The molecule has 11 heteroatoms. The summed E-state index contributed by atoms with van der Waals surface area (Å²) in [6.07, 6.45) is -4.88. The van der Waals surface area contributed by atoms with E-state index in [1.165, 1.54) is 19.0 Å². The van der Waals surface area contributed by atoms with Crippen LogP contribution < -0.4 is 19.1 Å². The summed E-state index contributed by atoms with van der Waals surface area (Å²) in [4.78, 5) is 28.8. The SMILES string of the molecule is CN(C)C(=O)c1cc(CN2C(=O)C3(COc4cc5c(cc43)OCO5)c3ccccc32)oc1C(F)(F)F. The molecule has 0 saturated heterocycles. The Bertz CT molecular complexity index is 1430. The topological polar surface area (TPSA) is 81.5 Å². The second kappa shape index (κ2) is 7.42. The number of hydrogen-bond donors (Lipinski definition) is 0. The number of carbonyl (C=O) groups is 2. The summed E-state index contributed by atoms with van der Waals surface area (Å²) in [7, 11) is 2.70. The summed E-state index contributed by atoms with van der Waals surface area (Å²) in [5, 5.41) is 0. The molecule has 0 saturated carbocycles. The van der Waals surface area contributed by atoms with E-state index >= 15 is 0 Å². The third-order valence-electron chi connectivity index (χ3n) is 6.63. The molecule has 3 aliphatic heterocycles. The highest BCUT2D eigenvalue weighted by Gasteiger charge is 2.57. The van der Waals surface area contributed by atoms with Crippen LogP contribution in [0, 0.1) is 0 Å². The number of fused-ring (bicyclic) bond motifs is 5. The fourth-order valence-electron chi connectivity index (χ4n) is 5.01. The summed E-state index contributed by atoms with van der Waals surface area (Å²) in [6.45, 7) is -0.245. The molecule has 1 aromatic heterocycles. The molecular formula is C25H19F3N2O6. The van der Waals surface area contributed by atoms with Gasteiger partial charge >= 0.3 is 6.18 Å². The lowest BCUT2D eigenvalue weighted by Gasteiger charge is -2.22. The first-order valence-electron chi connectivity index (χ1n) is 11.0. The van der Waals surface area contributed by atoms with Gasteiger partial charge in [-0.05, 0) is 23.8 Å². The summed E-state index contributed by atoms with van der Waals surface area (Å²) in [5.41, 5.74) is -0.0684. The molecule has 0 bridgehead atoms. The number of carbonyl (C=O) groups excluding carboxylic acids is 2. The van der Waals surface area contributed by atoms with Crippen molar-refractivity contribution >= 4 is 17.5 Å². The first-order chi connectivity index (χ1) is 17.1. The molecule has 0 radical (unpaired) electrons.